The van der Waals surface area contributed by atoms with E-state index in [2.05, 4.69) is 5.10 Å². The predicted octanol–water partition coefficient (Wildman–Crippen LogP) is 2.23. The first-order valence-electron chi connectivity index (χ1n) is 7.97. The highest BCUT2D eigenvalue weighted by Gasteiger charge is 2.25. The van der Waals surface area contributed by atoms with Crippen LogP contribution in [-0.4, -0.2) is 35.6 Å². The van der Waals surface area contributed by atoms with Crippen LogP contribution >= 0.6 is 0 Å². The molecule has 2 N–H and O–H groups in total. The van der Waals surface area contributed by atoms with Crippen LogP contribution in [0, 0.1) is 0 Å². The number of nitrogens with two attached hydrogens (primary N) is 1. The predicted molar refractivity (Wildman–Crippen MR) is 87.0 cm³/mol. The van der Waals surface area contributed by atoms with E-state index in [1.807, 2.05) is 35.1 Å². The fourth-order valence-corrected chi connectivity index (χ4v) is 2.79. The van der Waals surface area contributed by atoms with Crippen LogP contribution in [0.2, 0.25) is 0 Å². The molecule has 0 unspecified atom stereocenters. The molecular weight excluding hydrogens is 294 g/mol. The van der Waals surface area contributed by atoms with E-state index < -0.39 is 0 Å². The molecule has 2 atom stereocenters. The molecule has 0 spiro atoms. The third-order valence-corrected chi connectivity index (χ3v) is 4.05. The Morgan fingerprint density at radius 2 is 2.09 bits per heavy atom. The zero-order chi connectivity index (χ0) is 16.1. The van der Waals surface area contributed by atoms with Crippen molar-refractivity contribution in [3.8, 4) is 17.2 Å². The summed E-state index contributed by atoms with van der Waals surface area (Å²) in [5, 5.41) is 4.30. The number of rotatable bonds is 7. The van der Waals surface area contributed by atoms with Crippen LogP contribution in [0.3, 0.4) is 0 Å². The molecule has 3 rings (SSSR count). The van der Waals surface area contributed by atoms with Gasteiger partial charge in [0.25, 0.3) is 0 Å². The van der Waals surface area contributed by atoms with Crippen molar-refractivity contribution in [2.24, 2.45) is 5.73 Å². The molecule has 1 aliphatic rings. The minimum absolute atomic E-state index is 0.109. The van der Waals surface area contributed by atoms with Gasteiger partial charge in [-0.05, 0) is 31.4 Å². The first-order valence-corrected chi connectivity index (χ1v) is 7.97. The maximum atomic E-state index is 6.02. The van der Waals surface area contributed by atoms with Gasteiger partial charge in [-0.25, -0.2) is 0 Å². The van der Waals surface area contributed by atoms with Crippen LogP contribution in [0.1, 0.15) is 19.3 Å². The average molecular weight is 317 g/mol. The Labute approximate surface area is 136 Å². The zero-order valence-corrected chi connectivity index (χ0v) is 13.4. The zero-order valence-electron chi connectivity index (χ0n) is 13.4. The first-order chi connectivity index (χ1) is 11.3. The molecule has 6 nitrogen and oxygen atoms in total. The topological polar surface area (TPSA) is 71.5 Å². The summed E-state index contributed by atoms with van der Waals surface area (Å²) in [6.45, 7) is 1.14. The van der Waals surface area contributed by atoms with Crippen molar-refractivity contribution in [2.75, 3.05) is 13.7 Å². The molecule has 1 fully saturated rings. The summed E-state index contributed by atoms with van der Waals surface area (Å²) in [4.78, 5) is 0. The molecule has 1 aromatic heterocycles. The number of para-hydroxylation sites is 2. The summed E-state index contributed by atoms with van der Waals surface area (Å²) in [6, 6.07) is 7.73. The van der Waals surface area contributed by atoms with E-state index in [1.54, 1.807) is 13.3 Å². The molecule has 0 aliphatic heterocycles. The molecule has 0 saturated heterocycles. The van der Waals surface area contributed by atoms with E-state index in [-0.39, 0.29) is 12.1 Å². The minimum Gasteiger partial charge on any atom is -0.493 e. The Kier molecular flexibility index (Phi) is 5.02. The van der Waals surface area contributed by atoms with Gasteiger partial charge in [0.15, 0.2) is 17.2 Å². The van der Waals surface area contributed by atoms with Gasteiger partial charge in [0.1, 0.15) is 12.7 Å². The summed E-state index contributed by atoms with van der Waals surface area (Å²) >= 11 is 0. The first kappa shape index (κ1) is 15.7. The molecule has 124 valence electrons. The van der Waals surface area contributed by atoms with Crippen molar-refractivity contribution in [3.63, 3.8) is 0 Å². The Bertz CT molecular complexity index is 629. The van der Waals surface area contributed by atoms with Crippen molar-refractivity contribution in [1.82, 2.24) is 9.78 Å². The number of aromatic nitrogens is 2. The van der Waals surface area contributed by atoms with Crippen LogP contribution in [0.4, 0.5) is 0 Å². The Morgan fingerprint density at radius 3 is 2.83 bits per heavy atom. The molecule has 23 heavy (non-hydrogen) atoms. The number of hydrogen-bond donors (Lipinski definition) is 1. The lowest BCUT2D eigenvalue weighted by Crippen LogP contribution is -2.33. The molecule has 1 heterocycles. The van der Waals surface area contributed by atoms with Gasteiger partial charge in [-0.2, -0.15) is 5.10 Å². The van der Waals surface area contributed by atoms with Gasteiger partial charge in [0.2, 0.25) is 0 Å². The summed E-state index contributed by atoms with van der Waals surface area (Å²) in [7, 11) is 1.63. The lowest BCUT2D eigenvalue weighted by Gasteiger charge is -2.16. The van der Waals surface area contributed by atoms with Crippen molar-refractivity contribution in [2.45, 2.75) is 38.0 Å². The number of methoxy groups -OCH3 is 1. The highest BCUT2D eigenvalue weighted by Crippen LogP contribution is 2.26. The van der Waals surface area contributed by atoms with E-state index in [1.165, 1.54) is 0 Å². The van der Waals surface area contributed by atoms with Gasteiger partial charge in [-0.1, -0.05) is 12.1 Å². The fraction of sp³-hybridized carbons (Fsp3) is 0.471. The van der Waals surface area contributed by atoms with Gasteiger partial charge in [-0.15, -0.1) is 0 Å². The van der Waals surface area contributed by atoms with Crippen LogP contribution in [0.25, 0.3) is 0 Å². The molecule has 0 radical (unpaired) electrons. The van der Waals surface area contributed by atoms with E-state index in [0.717, 1.165) is 36.5 Å². The quantitative estimate of drug-likeness (QED) is 0.848. The highest BCUT2D eigenvalue weighted by molar-refractivity contribution is 5.39. The number of benzene rings is 1. The van der Waals surface area contributed by atoms with E-state index >= 15 is 0 Å². The van der Waals surface area contributed by atoms with Crippen LogP contribution in [0.5, 0.6) is 17.2 Å². The van der Waals surface area contributed by atoms with E-state index in [0.29, 0.717) is 13.2 Å². The Morgan fingerprint density at radius 1 is 1.26 bits per heavy atom. The molecule has 6 heteroatoms. The third-order valence-electron chi connectivity index (χ3n) is 4.05. The van der Waals surface area contributed by atoms with E-state index in [4.69, 9.17) is 19.9 Å². The van der Waals surface area contributed by atoms with Crippen LogP contribution in [0.15, 0.2) is 36.7 Å². The van der Waals surface area contributed by atoms with Gasteiger partial charge >= 0.3 is 0 Å². The van der Waals surface area contributed by atoms with Gasteiger partial charge < -0.3 is 19.9 Å². The summed E-state index contributed by atoms with van der Waals surface area (Å²) in [5.41, 5.74) is 6.02. The van der Waals surface area contributed by atoms with Crippen LogP contribution in [-0.2, 0) is 6.54 Å². The minimum atomic E-state index is 0.109. The molecule has 1 aliphatic carbocycles. The summed E-state index contributed by atoms with van der Waals surface area (Å²) < 4.78 is 18.7. The molecule has 0 bridgehead atoms. The second kappa shape index (κ2) is 7.37. The van der Waals surface area contributed by atoms with Gasteiger partial charge in [0, 0.05) is 6.04 Å². The standard InChI is InChI=1S/C17H23N3O3/c1-21-16-6-2-3-7-17(16)22-10-9-20-12-13(11-19-20)23-15-8-4-5-14(15)18/h2-3,6-7,11-12,14-15H,4-5,8-10,18H2,1H3/t14-,15+/m0/s1. The Balaban J connectivity index is 1.49. The number of nitrogens with zero attached hydrogens (tertiary/aromatic N) is 2. The summed E-state index contributed by atoms with van der Waals surface area (Å²) in [5.74, 6) is 2.23. The largest absolute Gasteiger partial charge is 0.493 e. The smallest absolute Gasteiger partial charge is 0.161 e. The highest BCUT2D eigenvalue weighted by atomic mass is 16.5. The third kappa shape index (κ3) is 3.96. The molecule has 1 aromatic carbocycles. The maximum absolute atomic E-state index is 6.02. The molecule has 1 saturated carbocycles. The van der Waals surface area contributed by atoms with Crippen molar-refractivity contribution in [3.05, 3.63) is 36.7 Å². The second-order valence-electron chi connectivity index (χ2n) is 5.69. The van der Waals surface area contributed by atoms with Crippen molar-refractivity contribution >= 4 is 0 Å². The number of ether oxygens (including phenoxy) is 3. The van der Waals surface area contributed by atoms with Crippen LogP contribution < -0.4 is 19.9 Å². The monoisotopic (exact) mass is 317 g/mol. The molecule has 2 aromatic rings. The van der Waals surface area contributed by atoms with Crippen molar-refractivity contribution in [1.29, 1.82) is 0 Å². The molecular formula is C17H23N3O3. The summed E-state index contributed by atoms with van der Waals surface area (Å²) in [6.07, 6.45) is 6.91. The normalized spacial score (nSPS) is 20.4. The van der Waals surface area contributed by atoms with Gasteiger partial charge in [-0.3, -0.25) is 4.68 Å². The average Bonchev–Trinajstić information content (AvgIpc) is 3.18. The van der Waals surface area contributed by atoms with Gasteiger partial charge in [0.05, 0.1) is 26.0 Å². The van der Waals surface area contributed by atoms with Crippen molar-refractivity contribution < 1.29 is 14.2 Å². The SMILES string of the molecule is COc1ccccc1OCCn1cc(O[C@@H]2CCC[C@@H]2N)cn1. The second-order valence-corrected chi connectivity index (χ2v) is 5.69. The van der Waals surface area contributed by atoms with E-state index in [9.17, 15) is 0 Å². The number of hydrogen-bond acceptors (Lipinski definition) is 5. The lowest BCUT2D eigenvalue weighted by molar-refractivity contribution is 0.191. The maximum Gasteiger partial charge on any atom is 0.161 e. The molecule has 0 amide bonds. The Hall–Kier alpha value is -2.21. The fourth-order valence-electron chi connectivity index (χ4n) is 2.79. The lowest BCUT2D eigenvalue weighted by atomic mass is 10.2.